The van der Waals surface area contributed by atoms with E-state index >= 15 is 0 Å². The molecule has 178 valence electrons. The van der Waals surface area contributed by atoms with Crippen LogP contribution in [0.4, 0.5) is 0 Å². The van der Waals surface area contributed by atoms with Crippen molar-refractivity contribution in [2.75, 3.05) is 53.0 Å². The summed E-state index contributed by atoms with van der Waals surface area (Å²) in [6, 6.07) is -0.568. The number of carbonyl (C=O) groups excluding carboxylic acids is 2. The first-order valence-electron chi connectivity index (χ1n) is 11.0. The molecular weight excluding hydrogens is 384 g/mol. The number of carbonyl (C=O) groups is 2. The first-order chi connectivity index (χ1) is 13.8. The highest BCUT2D eigenvalue weighted by Crippen LogP contribution is 2.19. The van der Waals surface area contributed by atoms with Crippen LogP contribution >= 0.6 is 0 Å². The van der Waals surface area contributed by atoms with Crippen LogP contribution < -0.4 is 11.1 Å². The summed E-state index contributed by atoms with van der Waals surface area (Å²) < 4.78 is 5.10. The van der Waals surface area contributed by atoms with Gasteiger partial charge in [0.05, 0.1) is 25.9 Å². The maximum absolute atomic E-state index is 12.8. The minimum Gasteiger partial charge on any atom is -0.394 e. The molecule has 0 fully saturated rings. The van der Waals surface area contributed by atoms with Crippen molar-refractivity contribution in [3.05, 3.63) is 0 Å². The molecule has 0 aliphatic heterocycles. The van der Waals surface area contributed by atoms with Crippen LogP contribution in [0.2, 0.25) is 0 Å². The molecule has 0 heterocycles. The SMILES string of the molecule is CN(CCN(CCCC[C@H](N)C(=O)NCCOCCO)C(=O)C(C)(C)C)C(C)(C)C. The summed E-state index contributed by atoms with van der Waals surface area (Å²) in [4.78, 5) is 29.0. The van der Waals surface area contributed by atoms with Crippen molar-refractivity contribution < 1.29 is 19.4 Å². The van der Waals surface area contributed by atoms with E-state index in [4.69, 9.17) is 15.6 Å². The van der Waals surface area contributed by atoms with Gasteiger partial charge in [0.25, 0.3) is 0 Å². The number of aliphatic hydroxyl groups is 1. The fourth-order valence-electron chi connectivity index (χ4n) is 2.74. The van der Waals surface area contributed by atoms with Gasteiger partial charge in [-0.05, 0) is 47.1 Å². The summed E-state index contributed by atoms with van der Waals surface area (Å²) in [7, 11) is 2.08. The van der Waals surface area contributed by atoms with Crippen LogP contribution in [0.3, 0.4) is 0 Å². The molecule has 0 spiro atoms. The Hall–Kier alpha value is -1.22. The molecule has 0 unspecified atom stereocenters. The number of nitrogens with one attached hydrogen (secondary N) is 1. The number of unbranched alkanes of at least 4 members (excludes halogenated alkanes) is 1. The van der Waals surface area contributed by atoms with Gasteiger partial charge in [-0.3, -0.25) is 14.5 Å². The molecule has 0 aromatic rings. The van der Waals surface area contributed by atoms with E-state index < -0.39 is 11.5 Å². The van der Waals surface area contributed by atoms with Gasteiger partial charge in [-0.1, -0.05) is 20.8 Å². The highest BCUT2D eigenvalue weighted by molar-refractivity contribution is 5.82. The quantitative estimate of drug-likeness (QED) is 0.358. The van der Waals surface area contributed by atoms with Crippen molar-refractivity contribution >= 4 is 11.8 Å². The third kappa shape index (κ3) is 12.5. The Bertz CT molecular complexity index is 500. The van der Waals surface area contributed by atoms with Crippen LogP contribution in [0.15, 0.2) is 0 Å². The first-order valence-corrected chi connectivity index (χ1v) is 11.0. The largest absolute Gasteiger partial charge is 0.394 e. The fourth-order valence-corrected chi connectivity index (χ4v) is 2.74. The Morgan fingerprint density at radius 2 is 1.67 bits per heavy atom. The van der Waals surface area contributed by atoms with E-state index in [0.717, 1.165) is 19.4 Å². The molecule has 8 heteroatoms. The Balaban J connectivity index is 4.43. The maximum atomic E-state index is 12.8. The Kier molecular flexibility index (Phi) is 13.4. The van der Waals surface area contributed by atoms with Gasteiger partial charge in [0, 0.05) is 37.1 Å². The van der Waals surface area contributed by atoms with Crippen molar-refractivity contribution in [2.45, 2.75) is 72.4 Å². The van der Waals surface area contributed by atoms with Gasteiger partial charge in [-0.2, -0.15) is 0 Å². The molecule has 0 saturated heterocycles. The second-order valence-electron chi connectivity index (χ2n) is 9.86. The topological polar surface area (TPSA) is 108 Å². The summed E-state index contributed by atoms with van der Waals surface area (Å²) in [6.07, 6.45) is 2.16. The molecule has 0 bridgehead atoms. The number of ether oxygens (including phenoxy) is 1. The first kappa shape index (κ1) is 28.8. The van der Waals surface area contributed by atoms with Gasteiger partial charge in [-0.25, -0.2) is 0 Å². The summed E-state index contributed by atoms with van der Waals surface area (Å²) in [5, 5.41) is 11.4. The molecule has 4 N–H and O–H groups in total. The smallest absolute Gasteiger partial charge is 0.236 e. The third-order valence-corrected chi connectivity index (χ3v) is 5.09. The van der Waals surface area contributed by atoms with Gasteiger partial charge >= 0.3 is 0 Å². The minimum atomic E-state index is -0.568. The number of nitrogens with two attached hydrogens (primary N) is 1. The maximum Gasteiger partial charge on any atom is 0.236 e. The van der Waals surface area contributed by atoms with Crippen molar-refractivity contribution in [2.24, 2.45) is 11.1 Å². The number of aliphatic hydroxyl groups excluding tert-OH is 1. The van der Waals surface area contributed by atoms with E-state index in [0.29, 0.717) is 32.7 Å². The Labute approximate surface area is 183 Å². The number of amides is 2. The summed E-state index contributed by atoms with van der Waals surface area (Å²) in [5.41, 5.74) is 5.60. The van der Waals surface area contributed by atoms with Crippen molar-refractivity contribution in [1.82, 2.24) is 15.1 Å². The molecule has 8 nitrogen and oxygen atoms in total. The minimum absolute atomic E-state index is 0.0330. The zero-order valence-corrected chi connectivity index (χ0v) is 20.3. The number of likely N-dealkylation sites (N-methyl/N-ethyl adjacent to an activating group) is 1. The lowest BCUT2D eigenvalue weighted by Gasteiger charge is -2.35. The molecule has 0 aromatic carbocycles. The lowest BCUT2D eigenvalue weighted by Crippen LogP contribution is -2.47. The molecule has 0 aliphatic rings. The summed E-state index contributed by atoms with van der Waals surface area (Å²) in [5.74, 6) is -0.0493. The van der Waals surface area contributed by atoms with Gasteiger partial charge < -0.3 is 25.8 Å². The van der Waals surface area contributed by atoms with Gasteiger partial charge in [0.2, 0.25) is 11.8 Å². The van der Waals surface area contributed by atoms with Crippen molar-refractivity contribution in [1.29, 1.82) is 0 Å². The lowest BCUT2D eigenvalue weighted by molar-refractivity contribution is -0.140. The third-order valence-electron chi connectivity index (χ3n) is 5.09. The van der Waals surface area contributed by atoms with E-state index in [1.54, 1.807) is 0 Å². The van der Waals surface area contributed by atoms with Gasteiger partial charge in [0.1, 0.15) is 0 Å². The van der Waals surface area contributed by atoms with Crippen LogP contribution in [0, 0.1) is 5.41 Å². The summed E-state index contributed by atoms with van der Waals surface area (Å²) in [6.45, 7) is 15.4. The molecular formula is C22H46N4O4. The average Bonchev–Trinajstić information content (AvgIpc) is 2.64. The van der Waals surface area contributed by atoms with Crippen molar-refractivity contribution in [3.8, 4) is 0 Å². The number of rotatable bonds is 14. The predicted octanol–water partition coefficient (Wildman–Crippen LogP) is 1.21. The van der Waals surface area contributed by atoms with Crippen LogP contribution in [0.1, 0.15) is 60.8 Å². The van der Waals surface area contributed by atoms with E-state index in [-0.39, 0.29) is 30.6 Å². The molecule has 2 amide bonds. The highest BCUT2D eigenvalue weighted by Gasteiger charge is 2.28. The van der Waals surface area contributed by atoms with E-state index in [1.165, 1.54) is 0 Å². The van der Waals surface area contributed by atoms with Gasteiger partial charge in [0.15, 0.2) is 0 Å². The van der Waals surface area contributed by atoms with Crippen molar-refractivity contribution in [3.63, 3.8) is 0 Å². The Morgan fingerprint density at radius 3 is 2.20 bits per heavy atom. The summed E-state index contributed by atoms with van der Waals surface area (Å²) >= 11 is 0. The molecule has 0 aromatic heterocycles. The average molecular weight is 431 g/mol. The molecule has 0 saturated carbocycles. The van der Waals surface area contributed by atoms with E-state index in [1.807, 2.05) is 25.7 Å². The van der Waals surface area contributed by atoms with Gasteiger partial charge in [-0.15, -0.1) is 0 Å². The van der Waals surface area contributed by atoms with E-state index in [9.17, 15) is 9.59 Å². The number of hydrogen-bond donors (Lipinski definition) is 3. The molecule has 0 radical (unpaired) electrons. The predicted molar refractivity (Wildman–Crippen MR) is 121 cm³/mol. The molecule has 30 heavy (non-hydrogen) atoms. The van der Waals surface area contributed by atoms with Crippen LogP contribution in [0.5, 0.6) is 0 Å². The number of hydrogen-bond acceptors (Lipinski definition) is 6. The van der Waals surface area contributed by atoms with E-state index in [2.05, 4.69) is 38.0 Å². The number of nitrogens with zero attached hydrogens (tertiary/aromatic N) is 2. The molecule has 0 aliphatic carbocycles. The van der Waals surface area contributed by atoms with Crippen LogP contribution in [-0.4, -0.2) is 91.3 Å². The fraction of sp³-hybridized carbons (Fsp3) is 0.909. The highest BCUT2D eigenvalue weighted by atomic mass is 16.5. The standard InChI is InChI=1S/C22H46N4O4/c1-21(2,3)20(29)26(14-13-25(7)22(4,5)6)12-9-8-10-18(23)19(28)24-11-16-30-17-15-27/h18,27H,8-17,23H2,1-7H3,(H,24,28)/t18-/m0/s1. The second kappa shape index (κ2) is 14.0. The second-order valence-corrected chi connectivity index (χ2v) is 9.86. The normalized spacial score (nSPS) is 13.4. The Morgan fingerprint density at radius 1 is 1.03 bits per heavy atom. The zero-order chi connectivity index (χ0) is 23.4. The molecule has 1 atom stereocenters. The molecule has 0 rings (SSSR count). The monoisotopic (exact) mass is 430 g/mol. The van der Waals surface area contributed by atoms with Crippen LogP contribution in [-0.2, 0) is 14.3 Å². The van der Waals surface area contributed by atoms with Crippen LogP contribution in [0.25, 0.3) is 0 Å². The lowest BCUT2D eigenvalue weighted by atomic mass is 9.94. The zero-order valence-electron chi connectivity index (χ0n) is 20.3.